The molecule has 2 heterocycles. The van der Waals surface area contributed by atoms with E-state index < -0.39 is 0 Å². The highest BCUT2D eigenvalue weighted by Crippen LogP contribution is 2.17. The number of likely N-dealkylation sites (tertiary alicyclic amines) is 1. The largest absolute Gasteiger partial charge is 0.467 e. The number of amides is 3. The van der Waals surface area contributed by atoms with Crippen molar-refractivity contribution in [1.82, 2.24) is 15.5 Å². The fourth-order valence-electron chi connectivity index (χ4n) is 2.13. The lowest BCUT2D eigenvalue weighted by atomic mass is 10.2. The minimum absolute atomic E-state index is 0.111. The fraction of sp³-hybridized carbons (Fsp3) is 0.500. The Morgan fingerprint density at radius 2 is 2.39 bits per heavy atom. The second-order valence-electron chi connectivity index (χ2n) is 4.20. The van der Waals surface area contributed by atoms with Crippen LogP contribution in [-0.4, -0.2) is 36.5 Å². The van der Waals surface area contributed by atoms with Gasteiger partial charge >= 0.3 is 6.03 Å². The molecule has 0 spiro atoms. The van der Waals surface area contributed by atoms with E-state index in [1.807, 2.05) is 0 Å². The Balaban J connectivity index is 1.89. The minimum atomic E-state index is -0.355. The van der Waals surface area contributed by atoms with E-state index in [-0.39, 0.29) is 18.0 Å². The van der Waals surface area contributed by atoms with Crippen molar-refractivity contribution in [2.45, 2.75) is 25.4 Å². The molecule has 0 bridgehead atoms. The first-order valence-corrected chi connectivity index (χ1v) is 6.01. The minimum Gasteiger partial charge on any atom is -0.467 e. The van der Waals surface area contributed by atoms with Gasteiger partial charge in [-0.15, -0.1) is 0 Å². The number of carbonyl (C=O) groups is 2. The van der Waals surface area contributed by atoms with E-state index >= 15 is 0 Å². The van der Waals surface area contributed by atoms with E-state index in [0.717, 1.165) is 6.42 Å². The first-order chi connectivity index (χ1) is 8.72. The van der Waals surface area contributed by atoms with Gasteiger partial charge in [-0.25, -0.2) is 4.79 Å². The molecule has 1 fully saturated rings. The van der Waals surface area contributed by atoms with Gasteiger partial charge in [-0.2, -0.15) is 0 Å². The summed E-state index contributed by atoms with van der Waals surface area (Å²) >= 11 is 0. The van der Waals surface area contributed by atoms with Gasteiger partial charge in [0.1, 0.15) is 11.8 Å². The van der Waals surface area contributed by atoms with Crippen molar-refractivity contribution in [2.75, 3.05) is 13.6 Å². The van der Waals surface area contributed by atoms with Gasteiger partial charge in [0.2, 0.25) is 5.91 Å². The summed E-state index contributed by atoms with van der Waals surface area (Å²) in [5.41, 5.74) is 0. The van der Waals surface area contributed by atoms with Gasteiger partial charge < -0.3 is 20.0 Å². The molecule has 0 saturated carbocycles. The Morgan fingerprint density at radius 1 is 1.56 bits per heavy atom. The average Bonchev–Trinajstić information content (AvgIpc) is 3.05. The summed E-state index contributed by atoms with van der Waals surface area (Å²) in [5, 5.41) is 5.33. The van der Waals surface area contributed by atoms with Crippen molar-refractivity contribution in [3.63, 3.8) is 0 Å². The third-order valence-electron chi connectivity index (χ3n) is 3.06. The molecule has 1 aromatic heterocycles. The molecule has 1 atom stereocenters. The Bertz CT molecular complexity index is 416. The van der Waals surface area contributed by atoms with Crippen LogP contribution in [-0.2, 0) is 11.3 Å². The molecule has 98 valence electrons. The number of likely N-dealkylation sites (N-methyl/N-ethyl adjacent to an activating group) is 1. The van der Waals surface area contributed by atoms with Crippen LogP contribution in [0.1, 0.15) is 18.6 Å². The van der Waals surface area contributed by atoms with Crippen LogP contribution >= 0.6 is 0 Å². The summed E-state index contributed by atoms with van der Waals surface area (Å²) in [7, 11) is 1.58. The number of nitrogens with zero attached hydrogens (tertiary/aromatic N) is 1. The number of hydrogen-bond donors (Lipinski definition) is 2. The summed E-state index contributed by atoms with van der Waals surface area (Å²) in [6.45, 7) is 0.949. The van der Waals surface area contributed by atoms with Crippen molar-refractivity contribution >= 4 is 11.9 Å². The molecule has 0 radical (unpaired) electrons. The maximum atomic E-state index is 12.0. The van der Waals surface area contributed by atoms with Crippen molar-refractivity contribution < 1.29 is 14.0 Å². The highest BCUT2D eigenvalue weighted by Gasteiger charge is 2.33. The fourth-order valence-corrected chi connectivity index (χ4v) is 2.13. The number of carbonyl (C=O) groups excluding carboxylic acids is 2. The van der Waals surface area contributed by atoms with Crippen LogP contribution in [0.3, 0.4) is 0 Å². The van der Waals surface area contributed by atoms with Crippen LogP contribution in [0.5, 0.6) is 0 Å². The first-order valence-electron chi connectivity index (χ1n) is 6.01. The van der Waals surface area contributed by atoms with Crippen LogP contribution < -0.4 is 10.6 Å². The zero-order valence-corrected chi connectivity index (χ0v) is 10.3. The summed E-state index contributed by atoms with van der Waals surface area (Å²) in [6.07, 6.45) is 3.13. The number of rotatable bonds is 3. The van der Waals surface area contributed by atoms with Gasteiger partial charge in [0.05, 0.1) is 12.8 Å². The van der Waals surface area contributed by atoms with Gasteiger partial charge in [0.15, 0.2) is 0 Å². The normalized spacial score (nSPS) is 18.7. The monoisotopic (exact) mass is 251 g/mol. The lowest BCUT2D eigenvalue weighted by Gasteiger charge is -2.23. The molecule has 6 nitrogen and oxygen atoms in total. The van der Waals surface area contributed by atoms with Gasteiger partial charge in [-0.1, -0.05) is 0 Å². The maximum Gasteiger partial charge on any atom is 0.318 e. The number of urea groups is 1. The Morgan fingerprint density at radius 3 is 3.06 bits per heavy atom. The number of nitrogens with one attached hydrogen (secondary N) is 2. The second-order valence-corrected chi connectivity index (χ2v) is 4.20. The molecule has 1 aromatic rings. The molecule has 1 aliphatic rings. The topological polar surface area (TPSA) is 74.6 Å². The lowest BCUT2D eigenvalue weighted by molar-refractivity contribution is -0.124. The van der Waals surface area contributed by atoms with Gasteiger partial charge in [-0.3, -0.25) is 4.79 Å². The Kier molecular flexibility index (Phi) is 3.86. The van der Waals surface area contributed by atoms with E-state index in [4.69, 9.17) is 4.42 Å². The molecular weight excluding hydrogens is 234 g/mol. The van der Waals surface area contributed by atoms with E-state index in [9.17, 15) is 9.59 Å². The van der Waals surface area contributed by atoms with E-state index in [0.29, 0.717) is 25.3 Å². The molecular formula is C12H17N3O3. The van der Waals surface area contributed by atoms with Crippen LogP contribution in [0, 0.1) is 0 Å². The standard InChI is InChI=1S/C12H17N3O3/c1-13-11(16)10-5-2-6-15(10)12(17)14-8-9-4-3-7-18-9/h3-4,7,10H,2,5-6,8H2,1H3,(H,13,16)(H,14,17)/t10-/m1/s1. The molecule has 3 amide bonds. The van der Waals surface area contributed by atoms with E-state index in [1.54, 1.807) is 30.3 Å². The lowest BCUT2D eigenvalue weighted by Crippen LogP contribution is -2.48. The molecule has 0 aromatic carbocycles. The Hall–Kier alpha value is -1.98. The number of furan rings is 1. The third kappa shape index (κ3) is 2.64. The van der Waals surface area contributed by atoms with Crippen LogP contribution in [0.15, 0.2) is 22.8 Å². The quantitative estimate of drug-likeness (QED) is 0.830. The molecule has 2 rings (SSSR count). The Labute approximate surface area is 105 Å². The zero-order valence-electron chi connectivity index (χ0n) is 10.3. The van der Waals surface area contributed by atoms with Crippen molar-refractivity contribution in [3.8, 4) is 0 Å². The summed E-state index contributed by atoms with van der Waals surface area (Å²) < 4.78 is 5.13. The van der Waals surface area contributed by atoms with Gasteiger partial charge in [-0.05, 0) is 25.0 Å². The average molecular weight is 251 g/mol. The van der Waals surface area contributed by atoms with Crippen molar-refractivity contribution in [3.05, 3.63) is 24.2 Å². The highest BCUT2D eigenvalue weighted by atomic mass is 16.3. The smallest absolute Gasteiger partial charge is 0.318 e. The van der Waals surface area contributed by atoms with Crippen LogP contribution in [0.4, 0.5) is 4.79 Å². The molecule has 18 heavy (non-hydrogen) atoms. The highest BCUT2D eigenvalue weighted by molar-refractivity contribution is 5.87. The van der Waals surface area contributed by atoms with Crippen LogP contribution in [0.2, 0.25) is 0 Å². The second kappa shape index (κ2) is 5.57. The zero-order chi connectivity index (χ0) is 13.0. The van der Waals surface area contributed by atoms with Gasteiger partial charge in [0, 0.05) is 13.6 Å². The molecule has 1 saturated heterocycles. The van der Waals surface area contributed by atoms with E-state index in [2.05, 4.69) is 10.6 Å². The summed E-state index contributed by atoms with van der Waals surface area (Å²) in [5.74, 6) is 0.583. The van der Waals surface area contributed by atoms with Crippen molar-refractivity contribution in [2.24, 2.45) is 0 Å². The van der Waals surface area contributed by atoms with Gasteiger partial charge in [0.25, 0.3) is 0 Å². The van der Waals surface area contributed by atoms with E-state index in [1.165, 1.54) is 0 Å². The first kappa shape index (κ1) is 12.5. The SMILES string of the molecule is CNC(=O)[C@H]1CCCN1C(=O)NCc1ccco1. The predicted octanol–water partition coefficient (Wildman–Crippen LogP) is 0.700. The molecule has 1 aliphatic heterocycles. The molecule has 2 N–H and O–H groups in total. The third-order valence-corrected chi connectivity index (χ3v) is 3.06. The molecule has 0 aliphatic carbocycles. The predicted molar refractivity (Wildman–Crippen MR) is 64.7 cm³/mol. The van der Waals surface area contributed by atoms with Crippen molar-refractivity contribution in [1.29, 1.82) is 0 Å². The van der Waals surface area contributed by atoms with Crippen LogP contribution in [0.25, 0.3) is 0 Å². The number of hydrogen-bond acceptors (Lipinski definition) is 3. The molecule has 6 heteroatoms. The summed E-state index contributed by atoms with van der Waals surface area (Å²) in [6, 6.07) is 2.98. The maximum absolute atomic E-state index is 12.0. The summed E-state index contributed by atoms with van der Waals surface area (Å²) in [4.78, 5) is 25.1. The molecule has 0 unspecified atom stereocenters.